The first-order valence-electron chi connectivity index (χ1n) is 8.50. The number of amides is 1. The molecule has 1 atom stereocenters. The van der Waals surface area contributed by atoms with Crippen LogP contribution in [0.25, 0.3) is 0 Å². The normalized spacial score (nSPS) is 21.6. The van der Waals surface area contributed by atoms with E-state index in [-0.39, 0.29) is 35.9 Å². The molecule has 1 aliphatic heterocycles. The number of aromatic amines is 1. The maximum absolute atomic E-state index is 12.5. The van der Waals surface area contributed by atoms with E-state index in [1.54, 1.807) is 13.2 Å². The molecule has 3 N–H and O–H groups in total. The van der Waals surface area contributed by atoms with Crippen molar-refractivity contribution in [3.8, 4) is 0 Å². The number of likely N-dealkylation sites (tertiary alicyclic amines) is 1. The summed E-state index contributed by atoms with van der Waals surface area (Å²) in [5, 5.41) is 13.5. The van der Waals surface area contributed by atoms with Crippen molar-refractivity contribution in [2.45, 2.75) is 44.7 Å². The van der Waals surface area contributed by atoms with E-state index >= 15 is 0 Å². The van der Waals surface area contributed by atoms with Gasteiger partial charge in [0.2, 0.25) is 5.91 Å². The van der Waals surface area contributed by atoms with Gasteiger partial charge in [-0.15, -0.1) is 24.0 Å². The van der Waals surface area contributed by atoms with Crippen molar-refractivity contribution in [2.24, 2.45) is 10.9 Å². The van der Waals surface area contributed by atoms with E-state index in [0.29, 0.717) is 12.5 Å². The predicted molar refractivity (Wildman–Crippen MR) is 104 cm³/mol. The van der Waals surface area contributed by atoms with Crippen molar-refractivity contribution in [3.63, 3.8) is 0 Å². The molecule has 8 heteroatoms. The second-order valence-electron chi connectivity index (χ2n) is 6.40. The Kier molecular flexibility index (Phi) is 7.32. The Labute approximate surface area is 160 Å². The molecule has 0 spiro atoms. The minimum absolute atomic E-state index is 0. The summed E-state index contributed by atoms with van der Waals surface area (Å²) in [6.07, 6.45) is 7.26. The van der Waals surface area contributed by atoms with E-state index in [9.17, 15) is 4.79 Å². The number of H-pyrrole nitrogens is 1. The summed E-state index contributed by atoms with van der Waals surface area (Å²) in [6.45, 7) is 2.28. The molecule has 7 nitrogen and oxygen atoms in total. The lowest BCUT2D eigenvalue weighted by atomic mass is 10.1. The van der Waals surface area contributed by atoms with Crippen molar-refractivity contribution < 1.29 is 4.79 Å². The zero-order chi connectivity index (χ0) is 16.1. The Morgan fingerprint density at radius 1 is 1.42 bits per heavy atom. The van der Waals surface area contributed by atoms with Crippen LogP contribution in [0.15, 0.2) is 17.3 Å². The third-order valence-electron chi connectivity index (χ3n) is 4.77. The van der Waals surface area contributed by atoms with Crippen LogP contribution in [0.4, 0.5) is 0 Å². The molecule has 1 saturated carbocycles. The Bertz CT molecular complexity index is 541. The van der Waals surface area contributed by atoms with Gasteiger partial charge in [0.1, 0.15) is 0 Å². The van der Waals surface area contributed by atoms with Crippen LogP contribution in [0.5, 0.6) is 0 Å². The second kappa shape index (κ2) is 9.24. The van der Waals surface area contributed by atoms with Crippen LogP contribution >= 0.6 is 24.0 Å². The number of carbonyl (C=O) groups excluding carboxylic acids is 1. The molecule has 0 bridgehead atoms. The van der Waals surface area contributed by atoms with Crippen LogP contribution in [0, 0.1) is 5.92 Å². The minimum atomic E-state index is 0. The molecule has 2 fully saturated rings. The zero-order valence-corrected chi connectivity index (χ0v) is 16.5. The Morgan fingerprint density at radius 2 is 2.21 bits per heavy atom. The number of rotatable bonds is 4. The van der Waals surface area contributed by atoms with Crippen LogP contribution in [0.3, 0.4) is 0 Å². The smallest absolute Gasteiger partial charge is 0.225 e. The van der Waals surface area contributed by atoms with Gasteiger partial charge >= 0.3 is 0 Å². The van der Waals surface area contributed by atoms with Gasteiger partial charge in [0, 0.05) is 38.3 Å². The van der Waals surface area contributed by atoms with E-state index in [4.69, 9.17) is 0 Å². The van der Waals surface area contributed by atoms with E-state index < -0.39 is 0 Å². The molecule has 1 aliphatic carbocycles. The summed E-state index contributed by atoms with van der Waals surface area (Å²) >= 11 is 0. The van der Waals surface area contributed by atoms with Crippen molar-refractivity contribution in [2.75, 3.05) is 20.1 Å². The van der Waals surface area contributed by atoms with Gasteiger partial charge in [-0.2, -0.15) is 5.10 Å². The van der Waals surface area contributed by atoms with E-state index in [2.05, 4.69) is 25.8 Å². The van der Waals surface area contributed by atoms with Crippen molar-refractivity contribution >= 4 is 35.8 Å². The fourth-order valence-corrected chi connectivity index (χ4v) is 3.46. The van der Waals surface area contributed by atoms with Gasteiger partial charge in [-0.25, -0.2) is 0 Å². The molecule has 1 saturated heterocycles. The molecule has 24 heavy (non-hydrogen) atoms. The second-order valence-corrected chi connectivity index (χ2v) is 6.40. The van der Waals surface area contributed by atoms with Crippen LogP contribution in [0.1, 0.15) is 37.8 Å². The lowest BCUT2D eigenvalue weighted by molar-refractivity contribution is -0.134. The van der Waals surface area contributed by atoms with Gasteiger partial charge < -0.3 is 15.5 Å². The first-order valence-corrected chi connectivity index (χ1v) is 8.50. The minimum Gasteiger partial charge on any atom is -0.352 e. The highest BCUT2D eigenvalue weighted by molar-refractivity contribution is 14.0. The zero-order valence-electron chi connectivity index (χ0n) is 14.1. The summed E-state index contributed by atoms with van der Waals surface area (Å²) in [4.78, 5) is 18.7. The van der Waals surface area contributed by atoms with Crippen LogP contribution in [-0.4, -0.2) is 53.1 Å². The molecule has 0 aromatic carbocycles. The number of hydrogen-bond donors (Lipinski definition) is 3. The number of nitrogens with zero attached hydrogens (tertiary/aromatic N) is 3. The summed E-state index contributed by atoms with van der Waals surface area (Å²) < 4.78 is 0. The Hall–Kier alpha value is -1.32. The Balaban J connectivity index is 0.00000208. The number of guanidine groups is 1. The molecular weight excluding hydrogens is 419 g/mol. The van der Waals surface area contributed by atoms with Gasteiger partial charge in [0.05, 0.1) is 12.2 Å². The van der Waals surface area contributed by atoms with Crippen LogP contribution < -0.4 is 10.6 Å². The summed E-state index contributed by atoms with van der Waals surface area (Å²) in [5.41, 5.74) is 1.01. The third kappa shape index (κ3) is 4.84. The highest BCUT2D eigenvalue weighted by atomic mass is 127. The quantitative estimate of drug-likeness (QED) is 0.372. The van der Waals surface area contributed by atoms with Gasteiger partial charge in [0.15, 0.2) is 5.96 Å². The number of carbonyl (C=O) groups is 1. The largest absolute Gasteiger partial charge is 0.352 e. The highest BCUT2D eigenvalue weighted by Gasteiger charge is 2.32. The molecule has 3 rings (SSSR count). The fraction of sp³-hybridized carbons (Fsp3) is 0.688. The summed E-state index contributed by atoms with van der Waals surface area (Å²) in [7, 11) is 1.76. The van der Waals surface area contributed by atoms with Crippen LogP contribution in [0.2, 0.25) is 0 Å². The summed E-state index contributed by atoms with van der Waals surface area (Å²) in [5.74, 6) is 1.39. The highest BCUT2D eigenvalue weighted by Crippen LogP contribution is 2.27. The van der Waals surface area contributed by atoms with Gasteiger partial charge in [-0.05, 0) is 25.3 Å². The predicted octanol–water partition coefficient (Wildman–Crippen LogP) is 1.48. The van der Waals surface area contributed by atoms with E-state index in [1.165, 1.54) is 12.8 Å². The Morgan fingerprint density at radius 3 is 2.88 bits per heavy atom. The fourth-order valence-electron chi connectivity index (χ4n) is 3.46. The number of halogens is 1. The van der Waals surface area contributed by atoms with Gasteiger partial charge in [-0.3, -0.25) is 14.9 Å². The molecule has 1 amide bonds. The van der Waals surface area contributed by atoms with Crippen LogP contribution in [-0.2, 0) is 11.3 Å². The molecule has 2 heterocycles. The standard InChI is InChI=1S/C16H26N6O.HI/c1-17-16(18-10-13-6-8-19-21-13)20-14-7-9-22(11-14)15(23)12-4-2-3-5-12;/h6,8,12,14H,2-5,7,9-11H2,1H3,(H,19,21)(H2,17,18,20);1H. The molecule has 1 unspecified atom stereocenters. The molecule has 1 aromatic heterocycles. The molecule has 2 aliphatic rings. The average Bonchev–Trinajstić information content (AvgIpc) is 3.33. The van der Waals surface area contributed by atoms with Gasteiger partial charge in [-0.1, -0.05) is 12.8 Å². The van der Waals surface area contributed by atoms with Crippen molar-refractivity contribution in [3.05, 3.63) is 18.0 Å². The SMILES string of the molecule is CN=C(NCc1ccn[nH]1)NC1CCN(C(=O)C2CCCC2)C1.I. The number of aliphatic imine (C=N–C) groups is 1. The number of hydrogen-bond acceptors (Lipinski definition) is 3. The topological polar surface area (TPSA) is 85.4 Å². The maximum atomic E-state index is 12.5. The number of nitrogens with one attached hydrogen (secondary N) is 3. The molecule has 134 valence electrons. The molecule has 1 aromatic rings. The lowest BCUT2D eigenvalue weighted by Gasteiger charge is -2.21. The van der Waals surface area contributed by atoms with Crippen molar-refractivity contribution in [1.82, 2.24) is 25.7 Å². The average molecular weight is 446 g/mol. The summed E-state index contributed by atoms with van der Waals surface area (Å²) in [6, 6.07) is 2.20. The van der Waals surface area contributed by atoms with E-state index in [1.807, 2.05) is 11.0 Å². The third-order valence-corrected chi connectivity index (χ3v) is 4.77. The van der Waals surface area contributed by atoms with Gasteiger partial charge in [0.25, 0.3) is 0 Å². The van der Waals surface area contributed by atoms with Crippen molar-refractivity contribution in [1.29, 1.82) is 0 Å². The first kappa shape index (κ1) is 19.0. The first-order chi connectivity index (χ1) is 11.3. The maximum Gasteiger partial charge on any atom is 0.225 e. The van der Waals surface area contributed by atoms with E-state index in [0.717, 1.165) is 44.0 Å². The monoisotopic (exact) mass is 446 g/mol. The molecule has 0 radical (unpaired) electrons. The lowest BCUT2D eigenvalue weighted by Crippen LogP contribution is -2.45. The molecular formula is C16H27IN6O. The number of aromatic nitrogens is 2.